The Labute approximate surface area is 148 Å². The summed E-state index contributed by atoms with van der Waals surface area (Å²) in [5.74, 6) is -0.0350. The minimum Gasteiger partial charge on any atom is -0.508 e. The highest BCUT2D eigenvalue weighted by atomic mass is 19.4. The van der Waals surface area contributed by atoms with Crippen molar-refractivity contribution in [3.63, 3.8) is 0 Å². The Kier molecular flexibility index (Phi) is 5.25. The van der Waals surface area contributed by atoms with Crippen molar-refractivity contribution >= 4 is 11.8 Å². The predicted octanol–water partition coefficient (Wildman–Crippen LogP) is 4.55. The summed E-state index contributed by atoms with van der Waals surface area (Å²) in [5, 5.41) is 13.1. The Hall–Kier alpha value is -3.03. The van der Waals surface area contributed by atoms with Crippen LogP contribution in [0.3, 0.4) is 0 Å². The lowest BCUT2D eigenvalue weighted by Crippen LogP contribution is -2.37. The summed E-state index contributed by atoms with van der Waals surface area (Å²) in [6.45, 7) is 1.53. The second-order valence-corrected chi connectivity index (χ2v) is 5.46. The van der Waals surface area contributed by atoms with E-state index in [4.69, 9.17) is 4.74 Å². The fraction of sp³-hybridized carbons (Fsp3) is 0.222. The normalized spacial score (nSPS) is 16.8. The second kappa shape index (κ2) is 7.07. The number of hydrogen-bond donors (Lipinski definition) is 2. The van der Waals surface area contributed by atoms with Crippen LogP contribution in [-0.4, -0.2) is 23.0 Å². The van der Waals surface area contributed by atoms with Crippen molar-refractivity contribution in [2.24, 2.45) is 5.10 Å². The average Bonchev–Trinajstić information content (AvgIpc) is 2.54. The fourth-order valence-electron chi connectivity index (χ4n) is 2.57. The van der Waals surface area contributed by atoms with Crippen LogP contribution in [-0.2, 0) is 10.9 Å². The molecule has 0 aliphatic carbocycles. The van der Waals surface area contributed by atoms with E-state index in [1.165, 1.54) is 43.3 Å². The van der Waals surface area contributed by atoms with E-state index in [1.807, 2.05) is 0 Å². The first-order valence-corrected chi connectivity index (χ1v) is 7.31. The molecule has 3 rings (SSSR count). The van der Waals surface area contributed by atoms with Gasteiger partial charge in [-0.15, -0.1) is 0 Å². The number of hydrazone groups is 1. The van der Waals surface area contributed by atoms with Gasteiger partial charge < -0.3 is 9.84 Å². The van der Waals surface area contributed by atoms with Gasteiger partial charge in [0.05, 0.1) is 5.56 Å². The standard InChI is InChI=1S/C17H13F3N2O3.CH4/c1-9-15(21-22-16(24)25-9)11-4-7-13(14(8-11)17(18,19)20)10-2-5-12(23)6-3-10;/h2-9,23H,1H3,(H,22,24);1H4/t9-;/m0./s1. The molecule has 2 aromatic rings. The number of nitrogens with one attached hydrogen (secondary N) is 1. The van der Waals surface area contributed by atoms with Crippen LogP contribution in [0, 0.1) is 0 Å². The topological polar surface area (TPSA) is 70.9 Å². The number of phenolic OH excluding ortho intramolecular Hbond substituents is 1. The van der Waals surface area contributed by atoms with Crippen LogP contribution >= 0.6 is 0 Å². The molecule has 0 fully saturated rings. The number of hydrogen-bond acceptors (Lipinski definition) is 4. The van der Waals surface area contributed by atoms with Gasteiger partial charge >= 0.3 is 12.3 Å². The number of alkyl halides is 3. The second-order valence-electron chi connectivity index (χ2n) is 5.46. The first-order chi connectivity index (χ1) is 11.8. The molecule has 0 saturated heterocycles. The zero-order valence-corrected chi connectivity index (χ0v) is 13.0. The molecule has 26 heavy (non-hydrogen) atoms. The SMILES string of the molecule is C.C[C@@H]1OC(=O)NN=C1c1ccc(-c2ccc(O)cc2)c(C(F)(F)F)c1. The number of ether oxygens (including phenoxy) is 1. The molecule has 0 bridgehead atoms. The summed E-state index contributed by atoms with van der Waals surface area (Å²) in [5.41, 5.74) is 1.93. The maximum absolute atomic E-state index is 13.5. The molecule has 0 radical (unpaired) electrons. The Morgan fingerprint density at radius 2 is 1.73 bits per heavy atom. The minimum atomic E-state index is -4.59. The molecule has 2 N–H and O–H groups in total. The van der Waals surface area contributed by atoms with Gasteiger partial charge in [-0.25, -0.2) is 10.2 Å². The molecule has 0 unspecified atom stereocenters. The largest absolute Gasteiger partial charge is 0.508 e. The Morgan fingerprint density at radius 3 is 2.31 bits per heavy atom. The van der Waals surface area contributed by atoms with Crippen molar-refractivity contribution in [1.82, 2.24) is 5.43 Å². The van der Waals surface area contributed by atoms with Gasteiger partial charge in [0, 0.05) is 5.56 Å². The van der Waals surface area contributed by atoms with E-state index in [1.54, 1.807) is 0 Å². The van der Waals surface area contributed by atoms with Crippen LogP contribution in [0.25, 0.3) is 11.1 Å². The molecule has 5 nitrogen and oxygen atoms in total. The highest BCUT2D eigenvalue weighted by Gasteiger charge is 2.35. The maximum atomic E-state index is 13.5. The van der Waals surface area contributed by atoms with Crippen molar-refractivity contribution in [3.05, 3.63) is 53.6 Å². The quantitative estimate of drug-likeness (QED) is 0.819. The molecule has 2 aromatic carbocycles. The lowest BCUT2D eigenvalue weighted by Gasteiger charge is -2.21. The number of carbonyl (C=O) groups is 1. The minimum absolute atomic E-state index is 0. The van der Waals surface area contributed by atoms with Crippen molar-refractivity contribution in [3.8, 4) is 16.9 Å². The molecule has 1 amide bonds. The molecular weight excluding hydrogens is 349 g/mol. The maximum Gasteiger partial charge on any atom is 0.428 e. The molecule has 1 aliphatic heterocycles. The Bertz CT molecular complexity index is 846. The van der Waals surface area contributed by atoms with Crippen LogP contribution in [0.4, 0.5) is 18.0 Å². The Balaban J connectivity index is 0.00000243. The van der Waals surface area contributed by atoms with Gasteiger partial charge in [0.15, 0.2) is 0 Å². The van der Waals surface area contributed by atoms with E-state index >= 15 is 0 Å². The summed E-state index contributed by atoms with van der Waals surface area (Å²) >= 11 is 0. The lowest BCUT2D eigenvalue weighted by molar-refractivity contribution is -0.137. The number of aromatic hydroxyl groups is 1. The van der Waals surface area contributed by atoms with Gasteiger partial charge in [0.1, 0.15) is 17.6 Å². The number of carbonyl (C=O) groups excluding carboxylic acids is 1. The van der Waals surface area contributed by atoms with Gasteiger partial charge in [0.25, 0.3) is 0 Å². The van der Waals surface area contributed by atoms with Gasteiger partial charge in [-0.3, -0.25) is 0 Å². The highest BCUT2D eigenvalue weighted by Crippen LogP contribution is 2.38. The third kappa shape index (κ3) is 3.79. The summed E-state index contributed by atoms with van der Waals surface area (Å²) in [6.07, 6.45) is -6.12. The summed E-state index contributed by atoms with van der Waals surface area (Å²) < 4.78 is 45.5. The molecule has 1 heterocycles. The monoisotopic (exact) mass is 366 g/mol. The van der Waals surface area contributed by atoms with E-state index in [2.05, 4.69) is 10.5 Å². The zero-order chi connectivity index (χ0) is 18.2. The van der Waals surface area contributed by atoms with Crippen LogP contribution < -0.4 is 5.43 Å². The first-order valence-electron chi connectivity index (χ1n) is 7.31. The number of amides is 1. The smallest absolute Gasteiger partial charge is 0.428 e. The summed E-state index contributed by atoms with van der Waals surface area (Å²) in [7, 11) is 0. The van der Waals surface area contributed by atoms with Gasteiger partial charge in [-0.05, 0) is 36.2 Å². The number of halogens is 3. The van der Waals surface area contributed by atoms with Crippen LogP contribution in [0.2, 0.25) is 0 Å². The number of rotatable bonds is 2. The van der Waals surface area contributed by atoms with Crippen molar-refractivity contribution in [1.29, 1.82) is 0 Å². The summed E-state index contributed by atoms with van der Waals surface area (Å²) in [6, 6.07) is 9.23. The molecule has 8 heteroatoms. The molecule has 1 atom stereocenters. The molecule has 1 aliphatic rings. The predicted molar refractivity (Wildman–Crippen MR) is 90.9 cm³/mol. The van der Waals surface area contributed by atoms with E-state index in [-0.39, 0.29) is 30.0 Å². The van der Waals surface area contributed by atoms with E-state index in [0.29, 0.717) is 5.56 Å². The lowest BCUT2D eigenvalue weighted by atomic mass is 9.94. The number of phenols is 1. The summed E-state index contributed by atoms with van der Waals surface area (Å²) in [4.78, 5) is 11.1. The molecule has 0 aromatic heterocycles. The van der Waals surface area contributed by atoms with Crippen LogP contribution in [0.1, 0.15) is 25.5 Å². The number of benzene rings is 2. The van der Waals surface area contributed by atoms with Crippen LogP contribution in [0.15, 0.2) is 47.6 Å². The fourth-order valence-corrected chi connectivity index (χ4v) is 2.57. The molecule has 138 valence electrons. The highest BCUT2D eigenvalue weighted by molar-refractivity contribution is 6.06. The van der Waals surface area contributed by atoms with E-state index < -0.39 is 23.9 Å². The van der Waals surface area contributed by atoms with Gasteiger partial charge in [-0.1, -0.05) is 31.7 Å². The van der Waals surface area contributed by atoms with E-state index in [0.717, 1.165) is 6.07 Å². The van der Waals surface area contributed by atoms with Gasteiger partial charge in [-0.2, -0.15) is 18.3 Å². The molecular formula is C18H17F3N2O3. The number of nitrogens with zero attached hydrogens (tertiary/aromatic N) is 1. The Morgan fingerprint density at radius 1 is 1.12 bits per heavy atom. The molecule has 0 saturated carbocycles. The first kappa shape index (κ1) is 19.3. The number of cyclic esters (lactones) is 1. The van der Waals surface area contributed by atoms with Crippen molar-refractivity contribution < 1.29 is 27.8 Å². The van der Waals surface area contributed by atoms with E-state index in [9.17, 15) is 23.1 Å². The molecule has 0 spiro atoms. The third-order valence-electron chi connectivity index (χ3n) is 3.74. The van der Waals surface area contributed by atoms with Crippen molar-refractivity contribution in [2.75, 3.05) is 0 Å². The zero-order valence-electron chi connectivity index (χ0n) is 13.0. The van der Waals surface area contributed by atoms with Crippen molar-refractivity contribution in [2.45, 2.75) is 26.6 Å². The third-order valence-corrected chi connectivity index (χ3v) is 3.74. The van der Waals surface area contributed by atoms with Crippen LogP contribution in [0.5, 0.6) is 5.75 Å². The average molecular weight is 366 g/mol. The van der Waals surface area contributed by atoms with Gasteiger partial charge in [0.2, 0.25) is 0 Å².